The number of nitrogens with one attached hydrogen (secondary N) is 1. The van der Waals surface area contributed by atoms with Crippen molar-refractivity contribution in [2.45, 2.75) is 26.3 Å². The Morgan fingerprint density at radius 2 is 1.62 bits per heavy atom. The van der Waals surface area contributed by atoms with Crippen LogP contribution in [0.15, 0.2) is 48.5 Å². The largest absolute Gasteiger partial charge is 0.491 e. The van der Waals surface area contributed by atoms with Gasteiger partial charge >= 0.3 is 0 Å². The molecule has 134 valence electrons. The van der Waals surface area contributed by atoms with E-state index < -0.39 is 23.8 Å². The lowest BCUT2D eigenvalue weighted by Gasteiger charge is -2.22. The summed E-state index contributed by atoms with van der Waals surface area (Å²) >= 11 is 0. The van der Waals surface area contributed by atoms with Crippen LogP contribution in [0.4, 0.5) is 5.69 Å². The zero-order valence-electron chi connectivity index (χ0n) is 14.7. The lowest BCUT2D eigenvalue weighted by Crippen LogP contribution is -2.45. The Bertz CT molecular complexity index is 827. The molecular weight excluding hydrogens is 332 g/mol. The van der Waals surface area contributed by atoms with Crippen molar-refractivity contribution in [2.24, 2.45) is 0 Å². The van der Waals surface area contributed by atoms with Crippen molar-refractivity contribution in [3.05, 3.63) is 59.7 Å². The summed E-state index contributed by atoms with van der Waals surface area (Å²) < 4.78 is 5.62. The predicted octanol–water partition coefficient (Wildman–Crippen LogP) is 3.10. The van der Waals surface area contributed by atoms with Crippen LogP contribution in [-0.4, -0.2) is 35.3 Å². The van der Waals surface area contributed by atoms with Crippen molar-refractivity contribution in [3.63, 3.8) is 0 Å². The van der Waals surface area contributed by atoms with Gasteiger partial charge in [0.2, 0.25) is 5.91 Å². The molecule has 1 atom stereocenters. The molecule has 2 aromatic carbocycles. The molecule has 3 rings (SSSR count). The highest BCUT2D eigenvalue weighted by molar-refractivity contribution is 6.23. The summed E-state index contributed by atoms with van der Waals surface area (Å²) in [4.78, 5) is 38.7. The minimum atomic E-state index is -0.943. The van der Waals surface area contributed by atoms with E-state index in [0.717, 1.165) is 11.3 Å². The zero-order chi connectivity index (χ0) is 18.7. The Balaban J connectivity index is 1.78. The Hall–Kier alpha value is -3.15. The standard InChI is InChI=1S/C20H20N2O4/c1-3-12-26-17-11-7-6-10-16(17)21-18(23)13(2)22-19(24)14-8-4-5-9-15(14)20(22)25/h4-11,13H,3,12H2,1-2H3,(H,21,23). The highest BCUT2D eigenvalue weighted by Crippen LogP contribution is 2.27. The molecule has 6 nitrogen and oxygen atoms in total. The molecule has 1 aliphatic heterocycles. The van der Waals surface area contributed by atoms with E-state index in [2.05, 4.69) is 5.32 Å². The van der Waals surface area contributed by atoms with Gasteiger partial charge in [0.05, 0.1) is 23.4 Å². The molecule has 1 aliphatic rings. The summed E-state index contributed by atoms with van der Waals surface area (Å²) in [5.74, 6) is -0.808. The SMILES string of the molecule is CCCOc1ccccc1NC(=O)C(C)N1C(=O)c2ccccc2C1=O. The smallest absolute Gasteiger partial charge is 0.262 e. The quantitative estimate of drug-likeness (QED) is 0.811. The number of rotatable bonds is 6. The number of anilines is 1. The molecule has 3 amide bonds. The maximum atomic E-state index is 12.7. The van der Waals surface area contributed by atoms with Crippen LogP contribution < -0.4 is 10.1 Å². The van der Waals surface area contributed by atoms with E-state index in [1.165, 1.54) is 6.92 Å². The number of carbonyl (C=O) groups is 3. The van der Waals surface area contributed by atoms with E-state index in [1.807, 2.05) is 13.0 Å². The monoisotopic (exact) mass is 352 g/mol. The molecule has 1 unspecified atom stereocenters. The fourth-order valence-corrected chi connectivity index (χ4v) is 2.82. The van der Waals surface area contributed by atoms with Crippen LogP contribution in [0.1, 0.15) is 41.0 Å². The van der Waals surface area contributed by atoms with E-state index in [9.17, 15) is 14.4 Å². The number of para-hydroxylation sites is 2. The maximum Gasteiger partial charge on any atom is 0.262 e. The van der Waals surface area contributed by atoms with Crippen LogP contribution in [-0.2, 0) is 4.79 Å². The van der Waals surface area contributed by atoms with Crippen molar-refractivity contribution >= 4 is 23.4 Å². The van der Waals surface area contributed by atoms with Crippen LogP contribution in [0.3, 0.4) is 0 Å². The van der Waals surface area contributed by atoms with Crippen LogP contribution in [0.5, 0.6) is 5.75 Å². The second-order valence-electron chi connectivity index (χ2n) is 6.04. The van der Waals surface area contributed by atoms with Crippen LogP contribution >= 0.6 is 0 Å². The third-order valence-corrected chi connectivity index (χ3v) is 4.20. The minimum absolute atomic E-state index is 0.323. The lowest BCUT2D eigenvalue weighted by molar-refractivity contribution is -0.119. The highest BCUT2D eigenvalue weighted by Gasteiger charge is 2.40. The fourth-order valence-electron chi connectivity index (χ4n) is 2.82. The predicted molar refractivity (Wildman–Crippen MR) is 97.3 cm³/mol. The molecule has 0 radical (unpaired) electrons. The van der Waals surface area contributed by atoms with Gasteiger partial charge in [0.25, 0.3) is 11.8 Å². The minimum Gasteiger partial charge on any atom is -0.491 e. The van der Waals surface area contributed by atoms with Gasteiger partial charge in [0, 0.05) is 0 Å². The summed E-state index contributed by atoms with van der Waals surface area (Å²) in [5.41, 5.74) is 1.15. The van der Waals surface area contributed by atoms with Crippen molar-refractivity contribution in [3.8, 4) is 5.75 Å². The molecule has 0 saturated heterocycles. The summed E-state index contributed by atoms with van der Waals surface area (Å²) in [6.07, 6.45) is 0.841. The van der Waals surface area contributed by atoms with E-state index >= 15 is 0 Å². The van der Waals surface area contributed by atoms with Gasteiger partial charge in [0.15, 0.2) is 0 Å². The molecule has 0 spiro atoms. The molecule has 26 heavy (non-hydrogen) atoms. The second-order valence-corrected chi connectivity index (χ2v) is 6.04. The summed E-state index contributed by atoms with van der Waals surface area (Å²) in [7, 11) is 0. The van der Waals surface area contributed by atoms with Gasteiger partial charge in [-0.3, -0.25) is 19.3 Å². The van der Waals surface area contributed by atoms with Gasteiger partial charge < -0.3 is 10.1 Å². The van der Waals surface area contributed by atoms with Gasteiger partial charge in [-0.05, 0) is 37.6 Å². The molecule has 0 bridgehead atoms. The molecular formula is C20H20N2O4. The normalized spacial score (nSPS) is 14.2. The van der Waals surface area contributed by atoms with Crippen molar-refractivity contribution in [2.75, 3.05) is 11.9 Å². The van der Waals surface area contributed by atoms with Crippen molar-refractivity contribution in [1.82, 2.24) is 4.90 Å². The Morgan fingerprint density at radius 3 is 2.23 bits per heavy atom. The first-order valence-corrected chi connectivity index (χ1v) is 8.54. The van der Waals surface area contributed by atoms with E-state index in [4.69, 9.17) is 4.74 Å². The van der Waals surface area contributed by atoms with Gasteiger partial charge in [-0.15, -0.1) is 0 Å². The molecule has 6 heteroatoms. The third-order valence-electron chi connectivity index (χ3n) is 4.20. The van der Waals surface area contributed by atoms with Crippen LogP contribution in [0.2, 0.25) is 0 Å². The first-order chi connectivity index (χ1) is 12.5. The van der Waals surface area contributed by atoms with E-state index in [0.29, 0.717) is 29.2 Å². The van der Waals surface area contributed by atoms with Gasteiger partial charge in [0.1, 0.15) is 11.8 Å². The Kier molecular flexibility index (Phi) is 5.02. The average molecular weight is 352 g/mol. The topological polar surface area (TPSA) is 75.7 Å². The summed E-state index contributed by atoms with van der Waals surface area (Å²) in [5, 5.41) is 2.75. The molecule has 0 aromatic heterocycles. The number of benzene rings is 2. The second kappa shape index (κ2) is 7.39. The number of ether oxygens (including phenoxy) is 1. The lowest BCUT2D eigenvalue weighted by atomic mass is 10.1. The van der Waals surface area contributed by atoms with E-state index in [-0.39, 0.29) is 0 Å². The number of carbonyl (C=O) groups excluding carboxylic acids is 3. The summed E-state index contributed by atoms with van der Waals surface area (Å²) in [6, 6.07) is 12.7. The Morgan fingerprint density at radius 1 is 1.04 bits per heavy atom. The summed E-state index contributed by atoms with van der Waals surface area (Å²) in [6.45, 7) is 4.05. The average Bonchev–Trinajstić information content (AvgIpc) is 2.91. The highest BCUT2D eigenvalue weighted by atomic mass is 16.5. The van der Waals surface area contributed by atoms with Gasteiger partial charge in [-0.2, -0.15) is 0 Å². The molecule has 1 N–H and O–H groups in total. The number of hydrogen-bond donors (Lipinski definition) is 1. The number of nitrogens with zero attached hydrogens (tertiary/aromatic N) is 1. The fraction of sp³-hybridized carbons (Fsp3) is 0.250. The Labute approximate surface area is 151 Å². The molecule has 1 heterocycles. The molecule has 0 saturated carbocycles. The molecule has 2 aromatic rings. The third kappa shape index (κ3) is 3.18. The number of amides is 3. The van der Waals surface area contributed by atoms with E-state index in [1.54, 1.807) is 42.5 Å². The van der Waals surface area contributed by atoms with Gasteiger partial charge in [-0.1, -0.05) is 31.2 Å². The first-order valence-electron chi connectivity index (χ1n) is 8.54. The number of fused-ring (bicyclic) bond motifs is 1. The number of hydrogen-bond acceptors (Lipinski definition) is 4. The number of imide groups is 1. The molecule has 0 aliphatic carbocycles. The van der Waals surface area contributed by atoms with Crippen molar-refractivity contribution < 1.29 is 19.1 Å². The first kappa shape index (κ1) is 17.7. The maximum absolute atomic E-state index is 12.7. The van der Waals surface area contributed by atoms with Gasteiger partial charge in [-0.25, -0.2) is 0 Å². The van der Waals surface area contributed by atoms with Crippen LogP contribution in [0.25, 0.3) is 0 Å². The van der Waals surface area contributed by atoms with Crippen LogP contribution in [0, 0.1) is 0 Å². The zero-order valence-corrected chi connectivity index (χ0v) is 14.7. The molecule has 0 fully saturated rings. The van der Waals surface area contributed by atoms with Crippen molar-refractivity contribution in [1.29, 1.82) is 0 Å².